The molecule has 3 atom stereocenters. The fraction of sp³-hybridized carbons (Fsp3) is 0.611. The van der Waals surface area contributed by atoms with Crippen LogP contribution >= 0.6 is 0 Å². The minimum Gasteiger partial charge on any atom is -0.465 e. The lowest BCUT2D eigenvalue weighted by molar-refractivity contribution is 0.0424. The minimum atomic E-state index is -1.04. The van der Waals surface area contributed by atoms with E-state index < -0.39 is 29.9 Å². The first kappa shape index (κ1) is 20.6. The van der Waals surface area contributed by atoms with Gasteiger partial charge < -0.3 is 30.7 Å². The predicted octanol–water partition coefficient (Wildman–Crippen LogP) is 1.99. The van der Waals surface area contributed by atoms with Crippen molar-refractivity contribution in [2.75, 3.05) is 30.8 Å². The average Bonchev–Trinajstić information content (AvgIpc) is 2.52. The van der Waals surface area contributed by atoms with Crippen molar-refractivity contribution in [1.29, 1.82) is 0 Å². The van der Waals surface area contributed by atoms with Crippen LogP contribution in [0.2, 0.25) is 0 Å². The maximum absolute atomic E-state index is 12.3. The van der Waals surface area contributed by atoms with Crippen molar-refractivity contribution in [3.05, 3.63) is 18.5 Å². The molecule has 1 aromatic rings. The van der Waals surface area contributed by atoms with Gasteiger partial charge in [0, 0.05) is 26.3 Å². The van der Waals surface area contributed by atoms with Crippen molar-refractivity contribution in [2.45, 2.75) is 45.4 Å². The van der Waals surface area contributed by atoms with Gasteiger partial charge in [-0.2, -0.15) is 0 Å². The molecule has 1 fully saturated rings. The number of hydrogen-bond donors (Lipinski definition) is 3. The van der Waals surface area contributed by atoms with Gasteiger partial charge in [-0.15, -0.1) is 0 Å². The second-order valence-corrected chi connectivity index (χ2v) is 7.95. The summed E-state index contributed by atoms with van der Waals surface area (Å²) in [5, 5.41) is 12.3. The molecule has 0 aliphatic carbocycles. The average molecular weight is 379 g/mol. The summed E-state index contributed by atoms with van der Waals surface area (Å²) in [6.45, 7) is 8.29. The van der Waals surface area contributed by atoms with Gasteiger partial charge in [-0.1, -0.05) is 6.92 Å². The van der Waals surface area contributed by atoms with Gasteiger partial charge in [-0.25, -0.2) is 9.59 Å². The monoisotopic (exact) mass is 379 g/mol. The van der Waals surface area contributed by atoms with Crippen LogP contribution in [-0.2, 0) is 4.74 Å². The molecular weight excluding hydrogens is 350 g/mol. The number of nitrogens with two attached hydrogens (primary N) is 1. The summed E-state index contributed by atoms with van der Waals surface area (Å²) in [4.78, 5) is 31.2. The smallest absolute Gasteiger partial charge is 0.408 e. The number of ether oxygens (including phenoxy) is 1. The Morgan fingerprint density at radius 1 is 1.41 bits per heavy atom. The van der Waals surface area contributed by atoms with Gasteiger partial charge >= 0.3 is 12.2 Å². The maximum Gasteiger partial charge on any atom is 0.408 e. The molecule has 0 aromatic carbocycles. The topological polar surface area (TPSA) is 121 Å². The molecule has 0 bridgehead atoms. The summed E-state index contributed by atoms with van der Waals surface area (Å²) < 4.78 is 5.36. The number of aromatic nitrogens is 1. The van der Waals surface area contributed by atoms with E-state index in [-0.39, 0.29) is 5.92 Å². The number of nitrogens with one attached hydrogen (secondary N) is 1. The van der Waals surface area contributed by atoms with E-state index in [1.54, 1.807) is 33.2 Å². The summed E-state index contributed by atoms with van der Waals surface area (Å²) in [5.41, 5.74) is 6.75. The van der Waals surface area contributed by atoms with E-state index in [0.717, 1.165) is 5.69 Å². The second-order valence-electron chi connectivity index (χ2n) is 7.95. The number of amides is 2. The molecule has 0 radical (unpaired) electrons. The summed E-state index contributed by atoms with van der Waals surface area (Å²) in [6.07, 6.45) is 1.61. The number of rotatable bonds is 3. The van der Waals surface area contributed by atoms with E-state index >= 15 is 0 Å². The van der Waals surface area contributed by atoms with Crippen LogP contribution in [0, 0.1) is 5.92 Å². The zero-order chi connectivity index (χ0) is 20.4. The van der Waals surface area contributed by atoms with E-state index in [0.29, 0.717) is 18.8 Å². The summed E-state index contributed by atoms with van der Waals surface area (Å²) in [6, 6.07) is 0.958. The lowest BCUT2D eigenvalue weighted by atomic mass is 9.88. The number of piperidine rings is 1. The van der Waals surface area contributed by atoms with Crippen molar-refractivity contribution in [3.63, 3.8) is 0 Å². The number of carbonyl (C=O) groups excluding carboxylic acids is 1. The number of likely N-dealkylation sites (N-methyl/N-ethyl adjacent to an activating group) is 1. The zero-order valence-electron chi connectivity index (χ0n) is 16.5. The van der Waals surface area contributed by atoms with Crippen molar-refractivity contribution in [1.82, 2.24) is 15.2 Å². The highest BCUT2D eigenvalue weighted by Gasteiger charge is 2.40. The first-order valence-electron chi connectivity index (χ1n) is 8.89. The van der Waals surface area contributed by atoms with Crippen LogP contribution in [0.5, 0.6) is 0 Å². The molecule has 2 amide bonds. The third-order valence-electron chi connectivity index (χ3n) is 4.54. The van der Waals surface area contributed by atoms with Crippen LogP contribution in [0.15, 0.2) is 18.5 Å². The Kier molecular flexibility index (Phi) is 6.02. The number of nitrogens with zero attached hydrogens (tertiary/aromatic N) is 3. The molecule has 9 nitrogen and oxygen atoms in total. The number of hydrogen-bond acceptors (Lipinski definition) is 6. The van der Waals surface area contributed by atoms with Crippen molar-refractivity contribution < 1.29 is 19.4 Å². The SMILES string of the molecule is C[C@H]1CN(c2ccncc2N)C[C@@H](NC(=O)OC(C)(C)C)[C@H]1N(C)C(=O)O. The highest BCUT2D eigenvalue weighted by Crippen LogP contribution is 2.29. The van der Waals surface area contributed by atoms with Gasteiger partial charge in [-0.05, 0) is 32.8 Å². The fourth-order valence-corrected chi connectivity index (χ4v) is 3.53. The van der Waals surface area contributed by atoms with Crippen molar-refractivity contribution >= 4 is 23.6 Å². The number of nitrogen functional groups attached to an aromatic ring is 1. The number of anilines is 2. The molecule has 2 rings (SSSR count). The highest BCUT2D eigenvalue weighted by atomic mass is 16.6. The quantitative estimate of drug-likeness (QED) is 0.734. The Morgan fingerprint density at radius 3 is 2.63 bits per heavy atom. The standard InChI is InChI=1S/C18H29N5O4/c1-11-9-23(14-6-7-20-8-12(14)19)10-13(15(11)22(5)17(25)26)21-16(24)27-18(2,3)4/h6-8,11,13,15H,9-10,19H2,1-5H3,(H,21,24)(H,25,26)/t11-,13+,15-/m0/s1. The molecule has 1 aromatic heterocycles. The molecule has 2 heterocycles. The Labute approximate surface area is 159 Å². The van der Waals surface area contributed by atoms with Crippen LogP contribution in [-0.4, -0.2) is 65.0 Å². The summed E-state index contributed by atoms with van der Waals surface area (Å²) in [7, 11) is 1.52. The zero-order valence-corrected chi connectivity index (χ0v) is 16.5. The van der Waals surface area contributed by atoms with Crippen LogP contribution in [0.1, 0.15) is 27.7 Å². The number of alkyl carbamates (subject to hydrolysis) is 1. The Morgan fingerprint density at radius 2 is 2.07 bits per heavy atom. The molecule has 4 N–H and O–H groups in total. The summed E-state index contributed by atoms with van der Waals surface area (Å²) >= 11 is 0. The van der Waals surface area contributed by atoms with E-state index in [4.69, 9.17) is 10.5 Å². The Hall–Kier alpha value is -2.71. The van der Waals surface area contributed by atoms with Gasteiger partial charge in [0.05, 0.1) is 29.7 Å². The molecule has 0 unspecified atom stereocenters. The largest absolute Gasteiger partial charge is 0.465 e. The van der Waals surface area contributed by atoms with Crippen molar-refractivity contribution in [2.24, 2.45) is 5.92 Å². The third kappa shape index (κ3) is 5.15. The second kappa shape index (κ2) is 7.89. The van der Waals surface area contributed by atoms with Crippen LogP contribution < -0.4 is 16.0 Å². The van der Waals surface area contributed by atoms with Gasteiger partial charge in [0.2, 0.25) is 0 Å². The molecule has 1 aliphatic rings. The molecule has 0 saturated carbocycles. The molecular formula is C18H29N5O4. The molecule has 1 saturated heterocycles. The van der Waals surface area contributed by atoms with E-state index in [2.05, 4.69) is 10.3 Å². The first-order chi connectivity index (χ1) is 12.5. The summed E-state index contributed by atoms with van der Waals surface area (Å²) in [5.74, 6) is -0.0487. The Bertz CT molecular complexity index is 691. The van der Waals surface area contributed by atoms with Gasteiger partial charge in [0.1, 0.15) is 5.60 Å². The van der Waals surface area contributed by atoms with E-state index in [1.165, 1.54) is 11.9 Å². The highest BCUT2D eigenvalue weighted by molar-refractivity contribution is 5.70. The third-order valence-corrected chi connectivity index (χ3v) is 4.54. The van der Waals surface area contributed by atoms with Crippen LogP contribution in [0.4, 0.5) is 21.0 Å². The maximum atomic E-state index is 12.3. The normalized spacial score (nSPS) is 22.9. The first-order valence-corrected chi connectivity index (χ1v) is 8.89. The number of pyridine rings is 1. The van der Waals surface area contributed by atoms with Gasteiger partial charge in [-0.3, -0.25) is 4.98 Å². The lowest BCUT2D eigenvalue weighted by Gasteiger charge is -2.46. The van der Waals surface area contributed by atoms with E-state index in [1.807, 2.05) is 17.9 Å². The predicted molar refractivity (Wildman–Crippen MR) is 103 cm³/mol. The van der Waals surface area contributed by atoms with E-state index in [9.17, 15) is 14.7 Å². The molecule has 9 heteroatoms. The van der Waals surface area contributed by atoms with Gasteiger partial charge in [0.15, 0.2) is 0 Å². The number of carboxylic acid groups (broad SMARTS) is 1. The number of carbonyl (C=O) groups is 2. The Balaban J connectivity index is 2.27. The fourth-order valence-electron chi connectivity index (χ4n) is 3.53. The minimum absolute atomic E-state index is 0.0487. The van der Waals surface area contributed by atoms with Crippen LogP contribution in [0.3, 0.4) is 0 Å². The molecule has 1 aliphatic heterocycles. The molecule has 150 valence electrons. The van der Waals surface area contributed by atoms with Crippen molar-refractivity contribution in [3.8, 4) is 0 Å². The van der Waals surface area contributed by atoms with Crippen LogP contribution in [0.25, 0.3) is 0 Å². The molecule has 0 spiro atoms. The molecule has 27 heavy (non-hydrogen) atoms. The van der Waals surface area contributed by atoms with Gasteiger partial charge in [0.25, 0.3) is 0 Å². The lowest BCUT2D eigenvalue weighted by Crippen LogP contribution is -2.64.